The molecule has 158 valence electrons. The highest BCUT2D eigenvalue weighted by molar-refractivity contribution is 6.31. The molecular formula is C24H19BClN3O3. The number of nitrogens with one attached hydrogen (secondary N) is 1. The van der Waals surface area contributed by atoms with Crippen molar-refractivity contribution < 1.29 is 14.3 Å². The number of benzene rings is 3. The van der Waals surface area contributed by atoms with Crippen molar-refractivity contribution in [1.29, 1.82) is 0 Å². The number of pyridine rings is 1. The summed E-state index contributed by atoms with van der Waals surface area (Å²) in [7, 11) is 7.61. The number of rotatable bonds is 6. The second kappa shape index (κ2) is 9.28. The second-order valence-corrected chi connectivity index (χ2v) is 7.57. The van der Waals surface area contributed by atoms with Gasteiger partial charge in [0, 0.05) is 21.5 Å². The number of nitrogens with zero attached hydrogens (tertiary/aromatic N) is 2. The van der Waals surface area contributed by atoms with E-state index in [2.05, 4.69) is 10.3 Å². The molecule has 1 N–H and O–H groups in total. The number of hydrogen-bond donors (Lipinski definition) is 1. The van der Waals surface area contributed by atoms with E-state index in [1.807, 2.05) is 48.5 Å². The average molecular weight is 444 g/mol. The first-order valence-corrected chi connectivity index (χ1v) is 10.3. The number of hydrogen-bond acceptors (Lipinski definition) is 5. The summed E-state index contributed by atoms with van der Waals surface area (Å²) in [4.78, 5) is 31.4. The number of methoxy groups -OCH3 is 1. The number of para-hydroxylation sites is 2. The van der Waals surface area contributed by atoms with Crippen molar-refractivity contribution in [3.05, 3.63) is 77.8 Å². The Kier molecular flexibility index (Phi) is 6.28. The Labute approximate surface area is 191 Å². The van der Waals surface area contributed by atoms with Crippen LogP contribution in [0, 0.1) is 0 Å². The molecule has 1 aromatic heterocycles. The Hall–Kier alpha value is -3.58. The van der Waals surface area contributed by atoms with Gasteiger partial charge in [0.25, 0.3) is 0 Å². The van der Waals surface area contributed by atoms with E-state index in [1.54, 1.807) is 24.3 Å². The number of fused-ring (bicyclic) bond motifs is 2. The molecule has 0 unspecified atom stereocenters. The van der Waals surface area contributed by atoms with Gasteiger partial charge in [-0.25, -0.2) is 4.98 Å². The van der Waals surface area contributed by atoms with E-state index < -0.39 is 17.8 Å². The summed E-state index contributed by atoms with van der Waals surface area (Å²) in [6.45, 7) is -0.204. The van der Waals surface area contributed by atoms with Crippen LogP contribution in [-0.4, -0.2) is 44.3 Å². The monoisotopic (exact) mass is 443 g/mol. The molecule has 32 heavy (non-hydrogen) atoms. The standard InChI is InChI=1S/C24H19BClN3O3/c1-32-21(30)14-29(16-12-10-15(26)11-13-16)23(25)24(31)28-22-17-6-2-4-8-19(17)27-20-9-5-3-7-18(20)22/h2-13,23H,14H2,1H3,(H,27,28,31)/t23-/m0/s1. The maximum absolute atomic E-state index is 13.3. The van der Waals surface area contributed by atoms with Crippen LogP contribution in [0.1, 0.15) is 0 Å². The molecule has 8 heteroatoms. The van der Waals surface area contributed by atoms with Crippen LogP contribution in [0.2, 0.25) is 5.02 Å². The largest absolute Gasteiger partial charge is 0.468 e. The first-order valence-electron chi connectivity index (χ1n) is 9.91. The fourth-order valence-corrected chi connectivity index (χ4v) is 3.63. The first kappa shape index (κ1) is 21.6. The summed E-state index contributed by atoms with van der Waals surface area (Å²) in [6.07, 6.45) is 0. The molecule has 2 radical (unpaired) electrons. The Balaban J connectivity index is 1.72. The number of amides is 1. The van der Waals surface area contributed by atoms with Crippen molar-refractivity contribution >= 4 is 64.5 Å². The van der Waals surface area contributed by atoms with Crippen LogP contribution < -0.4 is 10.2 Å². The van der Waals surface area contributed by atoms with Crippen molar-refractivity contribution in [3.8, 4) is 0 Å². The minimum Gasteiger partial charge on any atom is -0.468 e. The van der Waals surface area contributed by atoms with Gasteiger partial charge in [-0.15, -0.1) is 0 Å². The molecule has 0 saturated carbocycles. The summed E-state index contributed by atoms with van der Waals surface area (Å²) in [5, 5.41) is 5.06. The van der Waals surface area contributed by atoms with E-state index >= 15 is 0 Å². The number of aromatic nitrogens is 1. The van der Waals surface area contributed by atoms with Crippen LogP contribution >= 0.6 is 11.6 Å². The predicted molar refractivity (Wildman–Crippen MR) is 128 cm³/mol. The second-order valence-electron chi connectivity index (χ2n) is 7.14. The molecule has 0 bridgehead atoms. The molecule has 1 atom stereocenters. The van der Waals surface area contributed by atoms with Gasteiger partial charge >= 0.3 is 5.97 Å². The molecule has 1 amide bonds. The SMILES string of the molecule is [B][C@H](C(=O)Nc1c2ccccc2nc2ccccc12)N(CC(=O)OC)c1ccc(Cl)cc1. The molecule has 1 heterocycles. The van der Waals surface area contributed by atoms with Gasteiger partial charge in [0.15, 0.2) is 0 Å². The summed E-state index contributed by atoms with van der Waals surface area (Å²) in [5.41, 5.74) is 2.67. The van der Waals surface area contributed by atoms with E-state index in [4.69, 9.17) is 24.2 Å². The van der Waals surface area contributed by atoms with Gasteiger partial charge in [-0.1, -0.05) is 48.0 Å². The lowest BCUT2D eigenvalue weighted by Crippen LogP contribution is -2.47. The zero-order valence-corrected chi connectivity index (χ0v) is 18.0. The number of ether oxygens (including phenoxy) is 1. The third-order valence-corrected chi connectivity index (χ3v) is 5.38. The van der Waals surface area contributed by atoms with E-state index in [-0.39, 0.29) is 6.54 Å². The zero-order chi connectivity index (χ0) is 22.7. The Morgan fingerprint density at radius 3 is 2.12 bits per heavy atom. The fraction of sp³-hybridized carbons (Fsp3) is 0.125. The molecule has 0 aliphatic carbocycles. The van der Waals surface area contributed by atoms with Crippen LogP contribution in [0.4, 0.5) is 11.4 Å². The molecule has 0 spiro atoms. The van der Waals surface area contributed by atoms with Gasteiger partial charge in [0.1, 0.15) is 14.4 Å². The minimum atomic E-state index is -1.17. The molecule has 3 aromatic carbocycles. The summed E-state index contributed by atoms with van der Waals surface area (Å²) < 4.78 is 4.79. The summed E-state index contributed by atoms with van der Waals surface area (Å²) >= 11 is 5.98. The van der Waals surface area contributed by atoms with Crippen molar-refractivity contribution in [2.24, 2.45) is 0 Å². The molecule has 0 aliphatic heterocycles. The molecule has 4 rings (SSSR count). The van der Waals surface area contributed by atoms with E-state index in [9.17, 15) is 9.59 Å². The maximum Gasteiger partial charge on any atom is 0.325 e. The number of anilines is 2. The number of halogens is 1. The third kappa shape index (κ3) is 4.38. The molecule has 0 saturated heterocycles. The van der Waals surface area contributed by atoms with Gasteiger partial charge < -0.3 is 15.0 Å². The number of esters is 1. The highest BCUT2D eigenvalue weighted by Crippen LogP contribution is 2.31. The topological polar surface area (TPSA) is 71.5 Å². The van der Waals surface area contributed by atoms with Crippen molar-refractivity contribution in [2.75, 3.05) is 23.9 Å². The predicted octanol–water partition coefficient (Wildman–Crippen LogP) is 4.15. The van der Waals surface area contributed by atoms with Crippen LogP contribution in [0.15, 0.2) is 72.8 Å². The zero-order valence-electron chi connectivity index (χ0n) is 17.3. The maximum atomic E-state index is 13.3. The van der Waals surface area contributed by atoms with E-state index in [0.717, 1.165) is 21.8 Å². The van der Waals surface area contributed by atoms with Crippen LogP contribution in [0.5, 0.6) is 0 Å². The summed E-state index contributed by atoms with van der Waals surface area (Å²) in [5.74, 6) is -2.17. The van der Waals surface area contributed by atoms with Crippen molar-refractivity contribution in [3.63, 3.8) is 0 Å². The molecular weight excluding hydrogens is 425 g/mol. The fourth-order valence-electron chi connectivity index (χ4n) is 3.50. The first-order chi connectivity index (χ1) is 15.5. The molecule has 0 fully saturated rings. The lowest BCUT2D eigenvalue weighted by Gasteiger charge is -2.30. The molecule has 4 aromatic rings. The Morgan fingerprint density at radius 2 is 1.56 bits per heavy atom. The van der Waals surface area contributed by atoms with Crippen LogP contribution in [-0.2, 0) is 14.3 Å². The van der Waals surface area contributed by atoms with Crippen molar-refractivity contribution in [1.82, 2.24) is 4.98 Å². The van der Waals surface area contributed by atoms with Gasteiger partial charge in [0.05, 0.1) is 29.8 Å². The molecule has 6 nitrogen and oxygen atoms in total. The smallest absolute Gasteiger partial charge is 0.325 e. The van der Waals surface area contributed by atoms with Crippen molar-refractivity contribution in [2.45, 2.75) is 5.94 Å². The van der Waals surface area contributed by atoms with Gasteiger partial charge in [-0.05, 0) is 36.4 Å². The van der Waals surface area contributed by atoms with Gasteiger partial charge in [0.2, 0.25) is 5.91 Å². The highest BCUT2D eigenvalue weighted by atomic mass is 35.5. The van der Waals surface area contributed by atoms with Crippen LogP contribution in [0.3, 0.4) is 0 Å². The number of carbonyl (C=O) groups excluding carboxylic acids is 2. The third-order valence-electron chi connectivity index (χ3n) is 5.13. The van der Waals surface area contributed by atoms with E-state index in [1.165, 1.54) is 12.0 Å². The minimum absolute atomic E-state index is 0.204. The highest BCUT2D eigenvalue weighted by Gasteiger charge is 2.25. The van der Waals surface area contributed by atoms with Crippen LogP contribution in [0.25, 0.3) is 21.8 Å². The Bertz CT molecular complexity index is 1240. The number of carbonyl (C=O) groups is 2. The van der Waals surface area contributed by atoms with Gasteiger partial charge in [-0.3, -0.25) is 9.59 Å². The summed E-state index contributed by atoms with van der Waals surface area (Å²) in [6, 6.07) is 21.8. The van der Waals surface area contributed by atoms with Gasteiger partial charge in [-0.2, -0.15) is 0 Å². The molecule has 0 aliphatic rings. The quantitative estimate of drug-likeness (QED) is 0.275. The van der Waals surface area contributed by atoms with E-state index in [0.29, 0.717) is 16.4 Å². The Morgan fingerprint density at radius 1 is 1.00 bits per heavy atom. The lowest BCUT2D eigenvalue weighted by atomic mass is 9.92. The average Bonchev–Trinajstić information content (AvgIpc) is 2.82. The normalized spacial score (nSPS) is 11.8. The lowest BCUT2D eigenvalue weighted by molar-refractivity contribution is -0.139.